The molecule has 0 radical (unpaired) electrons. The lowest BCUT2D eigenvalue weighted by Crippen LogP contribution is -2.17. The Morgan fingerprint density at radius 2 is 1.49 bits per heavy atom. The summed E-state index contributed by atoms with van der Waals surface area (Å²) < 4.78 is 29.7. The number of halogens is 2. The Balaban J connectivity index is 1.53. The van der Waals surface area contributed by atoms with Crippen molar-refractivity contribution in [1.29, 1.82) is 0 Å². The summed E-state index contributed by atoms with van der Waals surface area (Å²) in [6, 6.07) is 30.6. The third-order valence-electron chi connectivity index (χ3n) is 6.20. The number of anilines is 1. The average molecular weight is 467 g/mol. The highest BCUT2D eigenvalue weighted by Crippen LogP contribution is 2.35. The molecule has 1 amide bonds. The van der Waals surface area contributed by atoms with Crippen molar-refractivity contribution in [3.05, 3.63) is 138 Å². The van der Waals surface area contributed by atoms with E-state index in [1.54, 1.807) is 30.3 Å². The van der Waals surface area contributed by atoms with Crippen LogP contribution in [-0.4, -0.2) is 10.5 Å². The molecule has 0 aliphatic rings. The quantitative estimate of drug-likeness (QED) is 0.272. The lowest BCUT2D eigenvalue weighted by atomic mass is 9.88. The molecule has 1 unspecified atom stereocenters. The van der Waals surface area contributed by atoms with E-state index in [1.807, 2.05) is 48.5 Å². The molecule has 1 aromatic heterocycles. The van der Waals surface area contributed by atoms with Gasteiger partial charge in [-0.25, -0.2) is 8.78 Å². The summed E-state index contributed by atoms with van der Waals surface area (Å²) in [7, 11) is 0. The monoisotopic (exact) mass is 466 g/mol. The molecular formula is C30H24F2N2O. The van der Waals surface area contributed by atoms with Crippen molar-refractivity contribution in [3.8, 4) is 0 Å². The maximum Gasteiger partial charge on any atom is 0.225 e. The van der Waals surface area contributed by atoms with E-state index in [9.17, 15) is 13.6 Å². The van der Waals surface area contributed by atoms with E-state index in [1.165, 1.54) is 18.2 Å². The predicted molar refractivity (Wildman–Crippen MR) is 135 cm³/mol. The molecule has 0 bridgehead atoms. The fourth-order valence-electron chi connectivity index (χ4n) is 4.51. The van der Waals surface area contributed by atoms with Gasteiger partial charge in [-0.1, -0.05) is 72.8 Å². The molecule has 1 N–H and O–H groups in total. The van der Waals surface area contributed by atoms with E-state index >= 15 is 0 Å². The van der Waals surface area contributed by atoms with Gasteiger partial charge in [0.05, 0.1) is 5.69 Å². The number of aromatic nitrogens is 1. The van der Waals surface area contributed by atoms with Crippen LogP contribution in [0, 0.1) is 11.6 Å². The molecule has 5 rings (SSSR count). The van der Waals surface area contributed by atoms with Gasteiger partial charge in [0, 0.05) is 36.0 Å². The predicted octanol–water partition coefficient (Wildman–Crippen LogP) is 7.13. The van der Waals surface area contributed by atoms with Crippen LogP contribution >= 0.6 is 0 Å². The van der Waals surface area contributed by atoms with Crippen molar-refractivity contribution in [2.24, 2.45) is 0 Å². The topological polar surface area (TPSA) is 34.0 Å². The largest absolute Gasteiger partial charge is 0.343 e. The van der Waals surface area contributed by atoms with Crippen molar-refractivity contribution >= 4 is 22.5 Å². The molecule has 0 saturated carbocycles. The summed E-state index contributed by atoms with van der Waals surface area (Å²) >= 11 is 0. The van der Waals surface area contributed by atoms with E-state index in [0.717, 1.165) is 27.6 Å². The van der Waals surface area contributed by atoms with E-state index in [-0.39, 0.29) is 29.8 Å². The number of fused-ring (bicyclic) bond motifs is 1. The summed E-state index contributed by atoms with van der Waals surface area (Å²) in [5.74, 6) is -1.23. The van der Waals surface area contributed by atoms with Gasteiger partial charge in [-0.15, -0.1) is 0 Å². The average Bonchev–Trinajstić information content (AvgIpc) is 3.24. The number of nitrogens with one attached hydrogen (secondary N) is 1. The van der Waals surface area contributed by atoms with Crippen molar-refractivity contribution in [2.45, 2.75) is 18.9 Å². The highest BCUT2D eigenvalue weighted by atomic mass is 19.1. The molecule has 174 valence electrons. The molecule has 5 heteroatoms. The molecule has 5 aromatic rings. The number of amides is 1. The molecule has 0 aliphatic heterocycles. The van der Waals surface area contributed by atoms with Crippen LogP contribution in [0.1, 0.15) is 29.0 Å². The Morgan fingerprint density at radius 1 is 0.800 bits per heavy atom. The highest BCUT2D eigenvalue weighted by Gasteiger charge is 2.23. The smallest absolute Gasteiger partial charge is 0.225 e. The SMILES string of the molecule is O=C(CC(c1ccccc1)c1cn(Cc2ccc(F)cc2)c2ccccc12)Nc1ccccc1F. The van der Waals surface area contributed by atoms with E-state index in [2.05, 4.69) is 22.1 Å². The Hall–Kier alpha value is -4.25. The summed E-state index contributed by atoms with van der Waals surface area (Å²) in [5.41, 5.74) is 4.19. The minimum atomic E-state index is -0.465. The van der Waals surface area contributed by atoms with E-state index < -0.39 is 5.82 Å². The lowest BCUT2D eigenvalue weighted by Gasteiger charge is -2.17. The second kappa shape index (κ2) is 9.94. The van der Waals surface area contributed by atoms with Crippen LogP contribution in [0.25, 0.3) is 10.9 Å². The van der Waals surface area contributed by atoms with Gasteiger partial charge in [0.15, 0.2) is 0 Å². The number of carbonyl (C=O) groups excluding carboxylic acids is 1. The normalized spacial score (nSPS) is 11.9. The molecule has 1 heterocycles. The molecular weight excluding hydrogens is 442 g/mol. The van der Waals surface area contributed by atoms with Gasteiger partial charge in [0.2, 0.25) is 5.91 Å². The Kier molecular flexibility index (Phi) is 6.40. The van der Waals surface area contributed by atoms with Crippen LogP contribution in [-0.2, 0) is 11.3 Å². The van der Waals surface area contributed by atoms with Crippen molar-refractivity contribution in [1.82, 2.24) is 4.57 Å². The zero-order valence-corrected chi connectivity index (χ0v) is 19.0. The Labute approximate surface area is 202 Å². The number of nitrogens with zero attached hydrogens (tertiary/aromatic N) is 1. The van der Waals surface area contributed by atoms with Crippen molar-refractivity contribution < 1.29 is 13.6 Å². The number of hydrogen-bond acceptors (Lipinski definition) is 1. The van der Waals surface area contributed by atoms with Crippen LogP contribution in [0.15, 0.2) is 109 Å². The maximum atomic E-state index is 14.1. The Morgan fingerprint density at radius 3 is 2.26 bits per heavy atom. The standard InChI is InChI=1S/C30H24F2N2O/c31-23-16-14-21(15-17-23)19-34-20-26(24-10-4-7-13-29(24)34)25(22-8-2-1-3-9-22)18-30(35)33-28-12-6-5-11-27(28)32/h1-17,20,25H,18-19H2,(H,33,35). The van der Waals surface area contributed by atoms with Crippen LogP contribution in [0.5, 0.6) is 0 Å². The lowest BCUT2D eigenvalue weighted by molar-refractivity contribution is -0.116. The molecule has 3 nitrogen and oxygen atoms in total. The molecule has 4 aromatic carbocycles. The summed E-state index contributed by atoms with van der Waals surface area (Å²) in [5, 5.41) is 3.77. The van der Waals surface area contributed by atoms with Crippen molar-refractivity contribution in [3.63, 3.8) is 0 Å². The molecule has 0 spiro atoms. The first-order valence-electron chi connectivity index (χ1n) is 11.5. The Bertz CT molecular complexity index is 1460. The molecule has 0 fully saturated rings. The number of benzene rings is 4. The van der Waals surface area contributed by atoms with Gasteiger partial charge in [0.1, 0.15) is 11.6 Å². The van der Waals surface area contributed by atoms with Gasteiger partial charge in [-0.2, -0.15) is 0 Å². The van der Waals surface area contributed by atoms with Crippen molar-refractivity contribution in [2.75, 3.05) is 5.32 Å². The van der Waals surface area contributed by atoms with Gasteiger partial charge < -0.3 is 9.88 Å². The molecule has 1 atom stereocenters. The van der Waals surface area contributed by atoms with Gasteiger partial charge in [0.25, 0.3) is 0 Å². The first kappa shape index (κ1) is 22.5. The van der Waals surface area contributed by atoms with Gasteiger partial charge in [-0.3, -0.25) is 4.79 Å². The minimum Gasteiger partial charge on any atom is -0.343 e. The first-order valence-corrected chi connectivity index (χ1v) is 11.5. The molecule has 35 heavy (non-hydrogen) atoms. The minimum absolute atomic E-state index is 0.156. The van der Waals surface area contributed by atoms with Gasteiger partial charge >= 0.3 is 0 Å². The number of carbonyl (C=O) groups is 1. The zero-order valence-electron chi connectivity index (χ0n) is 19.0. The summed E-state index contributed by atoms with van der Waals surface area (Å²) in [6.07, 6.45) is 2.23. The number of rotatable bonds is 7. The maximum absolute atomic E-state index is 14.1. The number of para-hydroxylation sites is 2. The van der Waals surface area contributed by atoms with Crippen LogP contribution < -0.4 is 5.32 Å². The van der Waals surface area contributed by atoms with Crippen LogP contribution in [0.2, 0.25) is 0 Å². The van der Waals surface area contributed by atoms with E-state index in [4.69, 9.17) is 0 Å². The second-order valence-electron chi connectivity index (χ2n) is 8.55. The van der Waals surface area contributed by atoms with Crippen LogP contribution in [0.3, 0.4) is 0 Å². The van der Waals surface area contributed by atoms with Crippen LogP contribution in [0.4, 0.5) is 14.5 Å². The van der Waals surface area contributed by atoms with E-state index in [0.29, 0.717) is 6.54 Å². The second-order valence-corrected chi connectivity index (χ2v) is 8.55. The zero-order chi connectivity index (χ0) is 24.2. The summed E-state index contributed by atoms with van der Waals surface area (Å²) in [4.78, 5) is 13.1. The fourth-order valence-corrected chi connectivity index (χ4v) is 4.51. The molecule has 0 aliphatic carbocycles. The van der Waals surface area contributed by atoms with Gasteiger partial charge in [-0.05, 0) is 47.0 Å². The fraction of sp³-hybridized carbons (Fsp3) is 0.100. The third kappa shape index (κ3) is 4.99. The number of hydrogen-bond donors (Lipinski definition) is 1. The third-order valence-corrected chi connectivity index (χ3v) is 6.20. The molecule has 0 saturated heterocycles. The summed E-state index contributed by atoms with van der Waals surface area (Å²) in [6.45, 7) is 0.573. The first-order chi connectivity index (χ1) is 17.1. The highest BCUT2D eigenvalue weighted by molar-refractivity contribution is 5.93.